The molecule has 20 heavy (non-hydrogen) atoms. The van der Waals surface area contributed by atoms with E-state index in [0.717, 1.165) is 17.7 Å². The first-order chi connectivity index (χ1) is 9.50. The van der Waals surface area contributed by atoms with Crippen molar-refractivity contribution in [1.82, 2.24) is 20.2 Å². The standard InChI is InChI=1S/C11H15ClN4O2S2/c1-2-3-6-16-11(13-14-15-16)8-20(17,18)7-9-4-5-10(12)19-9/h4-5H,2-3,6-8H2,1H3. The van der Waals surface area contributed by atoms with Crippen molar-refractivity contribution in [3.05, 3.63) is 27.2 Å². The van der Waals surface area contributed by atoms with E-state index in [1.54, 1.807) is 16.8 Å². The maximum absolute atomic E-state index is 12.2. The number of hydrogen-bond acceptors (Lipinski definition) is 6. The van der Waals surface area contributed by atoms with E-state index in [9.17, 15) is 8.42 Å². The van der Waals surface area contributed by atoms with Crippen LogP contribution in [0.1, 0.15) is 30.5 Å². The van der Waals surface area contributed by atoms with Gasteiger partial charge in [0.05, 0.1) is 10.1 Å². The fourth-order valence-electron chi connectivity index (χ4n) is 1.70. The van der Waals surface area contributed by atoms with Gasteiger partial charge in [-0.25, -0.2) is 13.1 Å². The van der Waals surface area contributed by atoms with Crippen LogP contribution in [0.15, 0.2) is 12.1 Å². The van der Waals surface area contributed by atoms with Crippen molar-refractivity contribution >= 4 is 32.8 Å². The molecule has 0 unspecified atom stereocenters. The van der Waals surface area contributed by atoms with E-state index in [2.05, 4.69) is 22.4 Å². The number of nitrogens with zero attached hydrogens (tertiary/aromatic N) is 4. The van der Waals surface area contributed by atoms with Crippen molar-refractivity contribution < 1.29 is 8.42 Å². The Kier molecular flexibility index (Phi) is 5.11. The Morgan fingerprint density at radius 3 is 2.80 bits per heavy atom. The zero-order valence-electron chi connectivity index (χ0n) is 11.0. The zero-order chi connectivity index (χ0) is 14.6. The summed E-state index contributed by atoms with van der Waals surface area (Å²) in [4.78, 5) is 0.725. The quantitative estimate of drug-likeness (QED) is 0.776. The van der Waals surface area contributed by atoms with E-state index in [1.807, 2.05) is 0 Å². The molecule has 0 atom stereocenters. The largest absolute Gasteiger partial charge is 0.229 e. The summed E-state index contributed by atoms with van der Waals surface area (Å²) in [6, 6.07) is 3.42. The summed E-state index contributed by atoms with van der Waals surface area (Å²) in [5.74, 6) is 0.200. The summed E-state index contributed by atoms with van der Waals surface area (Å²) in [7, 11) is -3.30. The van der Waals surface area contributed by atoms with Crippen molar-refractivity contribution in [3.63, 3.8) is 0 Å². The lowest BCUT2D eigenvalue weighted by atomic mass is 10.3. The van der Waals surface area contributed by atoms with E-state index in [-0.39, 0.29) is 11.5 Å². The molecule has 0 spiro atoms. The average Bonchev–Trinajstić information content (AvgIpc) is 2.95. The Labute approximate surface area is 126 Å². The Hall–Kier alpha value is -0.990. The molecule has 0 bridgehead atoms. The molecular formula is C11H15ClN4O2S2. The van der Waals surface area contributed by atoms with Crippen LogP contribution in [0.4, 0.5) is 0 Å². The van der Waals surface area contributed by atoms with Crippen LogP contribution in [0.25, 0.3) is 0 Å². The molecule has 0 amide bonds. The summed E-state index contributed by atoms with van der Waals surface area (Å²) in [6.45, 7) is 2.69. The van der Waals surface area contributed by atoms with E-state index in [4.69, 9.17) is 11.6 Å². The first-order valence-electron chi connectivity index (χ1n) is 6.20. The third kappa shape index (κ3) is 4.26. The second kappa shape index (κ2) is 6.64. The topological polar surface area (TPSA) is 77.7 Å². The first kappa shape index (κ1) is 15.4. The second-order valence-electron chi connectivity index (χ2n) is 4.41. The van der Waals surface area contributed by atoms with Gasteiger partial charge in [0.25, 0.3) is 0 Å². The maximum atomic E-state index is 12.2. The number of thiophene rings is 1. The van der Waals surface area contributed by atoms with Crippen LogP contribution < -0.4 is 0 Å². The van der Waals surface area contributed by atoms with Gasteiger partial charge in [-0.3, -0.25) is 0 Å². The number of hydrogen-bond donors (Lipinski definition) is 0. The highest BCUT2D eigenvalue weighted by molar-refractivity contribution is 7.89. The molecule has 0 saturated heterocycles. The van der Waals surface area contributed by atoms with Crippen molar-refractivity contribution in [3.8, 4) is 0 Å². The predicted molar refractivity (Wildman–Crippen MR) is 78.4 cm³/mol. The van der Waals surface area contributed by atoms with Crippen LogP contribution in [0.5, 0.6) is 0 Å². The molecule has 0 fully saturated rings. The number of halogens is 1. The fraction of sp³-hybridized carbons (Fsp3) is 0.545. The number of rotatable bonds is 7. The Bertz CT molecular complexity index is 666. The van der Waals surface area contributed by atoms with Crippen molar-refractivity contribution in [1.29, 1.82) is 0 Å². The normalized spacial score (nSPS) is 11.9. The lowest BCUT2D eigenvalue weighted by Gasteiger charge is -2.04. The SMILES string of the molecule is CCCCn1nnnc1CS(=O)(=O)Cc1ccc(Cl)s1. The molecule has 0 aliphatic rings. The third-order valence-corrected chi connectivity index (χ3v) is 5.53. The van der Waals surface area contributed by atoms with Gasteiger partial charge in [0, 0.05) is 11.4 Å². The summed E-state index contributed by atoms with van der Waals surface area (Å²) >= 11 is 7.07. The lowest BCUT2D eigenvalue weighted by molar-refractivity contribution is 0.535. The van der Waals surface area contributed by atoms with Gasteiger partial charge >= 0.3 is 0 Å². The minimum absolute atomic E-state index is 0.0367. The Balaban J connectivity index is 2.06. The van der Waals surface area contributed by atoms with Crippen LogP contribution in [-0.2, 0) is 27.9 Å². The molecule has 9 heteroatoms. The molecule has 6 nitrogen and oxygen atoms in total. The molecule has 0 N–H and O–H groups in total. The average molecular weight is 335 g/mol. The van der Waals surface area contributed by atoms with Gasteiger partial charge in [-0.1, -0.05) is 24.9 Å². The molecule has 110 valence electrons. The summed E-state index contributed by atoms with van der Waals surface area (Å²) in [5, 5.41) is 11.2. The minimum Gasteiger partial charge on any atom is -0.229 e. The Morgan fingerprint density at radius 1 is 1.35 bits per heavy atom. The van der Waals surface area contributed by atoms with Crippen LogP contribution in [0.3, 0.4) is 0 Å². The molecule has 2 aromatic heterocycles. The maximum Gasteiger partial charge on any atom is 0.166 e. The summed E-state index contributed by atoms with van der Waals surface area (Å²) in [6.07, 6.45) is 1.92. The van der Waals surface area contributed by atoms with Crippen LogP contribution in [0.2, 0.25) is 4.34 Å². The van der Waals surface area contributed by atoms with Gasteiger partial charge in [0.1, 0.15) is 5.75 Å². The highest BCUT2D eigenvalue weighted by Gasteiger charge is 2.19. The summed E-state index contributed by atoms with van der Waals surface area (Å²) in [5.41, 5.74) is 0. The minimum atomic E-state index is -3.30. The highest BCUT2D eigenvalue weighted by atomic mass is 35.5. The van der Waals surface area contributed by atoms with E-state index in [0.29, 0.717) is 16.7 Å². The van der Waals surface area contributed by atoms with E-state index >= 15 is 0 Å². The van der Waals surface area contributed by atoms with Crippen molar-refractivity contribution in [2.24, 2.45) is 0 Å². The van der Waals surface area contributed by atoms with Crippen LogP contribution in [-0.4, -0.2) is 28.6 Å². The van der Waals surface area contributed by atoms with E-state index in [1.165, 1.54) is 11.3 Å². The number of sulfone groups is 1. The molecule has 0 aliphatic heterocycles. The van der Waals surface area contributed by atoms with Crippen molar-refractivity contribution in [2.75, 3.05) is 0 Å². The molecule has 0 aromatic carbocycles. The number of aromatic nitrogens is 4. The number of tetrazole rings is 1. The van der Waals surface area contributed by atoms with Crippen LogP contribution >= 0.6 is 22.9 Å². The monoisotopic (exact) mass is 334 g/mol. The second-order valence-corrected chi connectivity index (χ2v) is 8.27. The highest BCUT2D eigenvalue weighted by Crippen LogP contribution is 2.24. The number of unbranched alkanes of at least 4 members (excludes halogenated alkanes) is 1. The molecular weight excluding hydrogens is 320 g/mol. The van der Waals surface area contributed by atoms with Gasteiger partial charge in [-0.15, -0.1) is 16.4 Å². The molecule has 0 radical (unpaired) electrons. The Morgan fingerprint density at radius 2 is 2.15 bits per heavy atom. The van der Waals surface area contributed by atoms with Gasteiger partial charge in [-0.05, 0) is 29.0 Å². The van der Waals surface area contributed by atoms with Gasteiger partial charge < -0.3 is 0 Å². The van der Waals surface area contributed by atoms with E-state index < -0.39 is 9.84 Å². The third-order valence-electron chi connectivity index (χ3n) is 2.67. The lowest BCUT2D eigenvalue weighted by Crippen LogP contribution is -2.13. The summed E-state index contributed by atoms with van der Waals surface area (Å²) < 4.78 is 26.5. The molecule has 2 aromatic rings. The fourth-order valence-corrected chi connectivity index (χ4v) is 4.59. The molecule has 0 aliphatic carbocycles. The van der Waals surface area contributed by atoms with Crippen molar-refractivity contribution in [2.45, 2.75) is 37.8 Å². The molecule has 0 saturated carbocycles. The first-order valence-corrected chi connectivity index (χ1v) is 9.21. The zero-order valence-corrected chi connectivity index (χ0v) is 13.4. The van der Waals surface area contributed by atoms with Crippen LogP contribution in [0, 0.1) is 0 Å². The predicted octanol–water partition coefficient (Wildman–Crippen LogP) is 2.30. The smallest absolute Gasteiger partial charge is 0.166 e. The molecule has 2 rings (SSSR count). The van der Waals surface area contributed by atoms with Gasteiger partial charge in [0.15, 0.2) is 15.7 Å². The number of aryl methyl sites for hydroxylation is 1. The molecule has 2 heterocycles. The van der Waals surface area contributed by atoms with Gasteiger partial charge in [-0.2, -0.15) is 0 Å². The van der Waals surface area contributed by atoms with Gasteiger partial charge in [0.2, 0.25) is 0 Å².